The molecule has 3 heteroatoms. The zero-order valence-electron chi connectivity index (χ0n) is 12.6. The van der Waals surface area contributed by atoms with Crippen molar-refractivity contribution >= 4 is 5.69 Å². The minimum atomic E-state index is 0.415. The van der Waals surface area contributed by atoms with Crippen molar-refractivity contribution < 1.29 is 0 Å². The molecule has 0 bridgehead atoms. The normalized spacial score (nSPS) is 20.8. The molecule has 1 heterocycles. The molecule has 0 spiro atoms. The van der Waals surface area contributed by atoms with Crippen LogP contribution in [-0.4, -0.2) is 18.6 Å². The number of benzene rings is 1. The lowest BCUT2D eigenvalue weighted by Gasteiger charge is -2.23. The van der Waals surface area contributed by atoms with E-state index in [4.69, 9.17) is 5.26 Å². The molecule has 2 atom stereocenters. The van der Waals surface area contributed by atoms with Crippen LogP contribution in [0.25, 0.3) is 0 Å². The van der Waals surface area contributed by atoms with Crippen LogP contribution in [-0.2, 0) is 0 Å². The largest absolute Gasteiger partial charge is 0.382 e. The highest BCUT2D eigenvalue weighted by molar-refractivity contribution is 5.55. The molecular weight excluding hydrogens is 246 g/mol. The highest BCUT2D eigenvalue weighted by Gasteiger charge is 2.15. The monoisotopic (exact) mass is 271 g/mol. The van der Waals surface area contributed by atoms with Gasteiger partial charge in [-0.3, -0.25) is 0 Å². The smallest absolute Gasteiger partial charge is 0.0992 e. The molecule has 2 N–H and O–H groups in total. The molecule has 1 aliphatic rings. The Hall–Kier alpha value is -1.53. The summed E-state index contributed by atoms with van der Waals surface area (Å²) in [6.07, 6.45) is 6.42. The van der Waals surface area contributed by atoms with E-state index in [0.29, 0.717) is 12.1 Å². The summed E-state index contributed by atoms with van der Waals surface area (Å²) >= 11 is 0. The van der Waals surface area contributed by atoms with E-state index in [1.807, 2.05) is 18.2 Å². The maximum atomic E-state index is 8.99. The lowest BCUT2D eigenvalue weighted by Crippen LogP contribution is -2.33. The van der Waals surface area contributed by atoms with Gasteiger partial charge in [0.25, 0.3) is 0 Å². The van der Waals surface area contributed by atoms with Crippen LogP contribution < -0.4 is 10.6 Å². The van der Waals surface area contributed by atoms with E-state index in [1.165, 1.54) is 31.2 Å². The van der Waals surface area contributed by atoms with Gasteiger partial charge < -0.3 is 10.6 Å². The Morgan fingerprint density at radius 3 is 3.05 bits per heavy atom. The third-order valence-corrected chi connectivity index (χ3v) is 4.07. The topological polar surface area (TPSA) is 47.9 Å². The van der Waals surface area contributed by atoms with Crippen molar-refractivity contribution in [3.05, 3.63) is 29.3 Å². The fraction of sp³-hybridized carbons (Fsp3) is 0.588. The molecule has 1 aliphatic heterocycles. The molecule has 20 heavy (non-hydrogen) atoms. The maximum absolute atomic E-state index is 8.99. The van der Waals surface area contributed by atoms with Crippen LogP contribution in [0.2, 0.25) is 0 Å². The SMILES string of the molecule is Cc1ccc(C#N)cc1NC(C)CC1CCCCCN1. The Kier molecular flexibility index (Phi) is 5.43. The molecule has 2 rings (SSSR count). The molecule has 1 fully saturated rings. The van der Waals surface area contributed by atoms with Crippen molar-refractivity contribution in [3.8, 4) is 6.07 Å². The van der Waals surface area contributed by atoms with Crippen LogP contribution in [0.1, 0.15) is 50.2 Å². The van der Waals surface area contributed by atoms with Crippen LogP contribution in [0.4, 0.5) is 5.69 Å². The number of nitrogens with one attached hydrogen (secondary N) is 2. The van der Waals surface area contributed by atoms with Gasteiger partial charge in [-0.2, -0.15) is 5.26 Å². The van der Waals surface area contributed by atoms with Crippen molar-refractivity contribution in [2.45, 2.75) is 58.0 Å². The van der Waals surface area contributed by atoms with Crippen LogP contribution in [0.15, 0.2) is 18.2 Å². The first-order valence-corrected chi connectivity index (χ1v) is 7.69. The average molecular weight is 271 g/mol. The molecule has 108 valence electrons. The van der Waals surface area contributed by atoms with Crippen LogP contribution >= 0.6 is 0 Å². The van der Waals surface area contributed by atoms with Gasteiger partial charge in [0.1, 0.15) is 0 Å². The van der Waals surface area contributed by atoms with E-state index in [1.54, 1.807) is 0 Å². The second kappa shape index (κ2) is 7.31. The third-order valence-electron chi connectivity index (χ3n) is 4.07. The molecule has 1 saturated heterocycles. The van der Waals surface area contributed by atoms with E-state index in [9.17, 15) is 0 Å². The van der Waals surface area contributed by atoms with Gasteiger partial charge in [-0.1, -0.05) is 18.9 Å². The van der Waals surface area contributed by atoms with Crippen LogP contribution in [0, 0.1) is 18.3 Å². The lowest BCUT2D eigenvalue weighted by atomic mass is 10.0. The molecule has 0 aromatic heterocycles. The summed E-state index contributed by atoms with van der Waals surface area (Å²) in [6.45, 7) is 5.46. The van der Waals surface area contributed by atoms with Crippen LogP contribution in [0.5, 0.6) is 0 Å². The second-order valence-electron chi connectivity index (χ2n) is 5.92. The number of aryl methyl sites for hydroxylation is 1. The molecule has 1 aromatic rings. The summed E-state index contributed by atoms with van der Waals surface area (Å²) in [5.41, 5.74) is 3.01. The Bertz CT molecular complexity index is 468. The van der Waals surface area contributed by atoms with Crippen molar-refractivity contribution in [2.24, 2.45) is 0 Å². The van der Waals surface area contributed by atoms with Gasteiger partial charge in [-0.05, 0) is 57.4 Å². The Balaban J connectivity index is 1.93. The summed E-state index contributed by atoms with van der Waals surface area (Å²) in [5.74, 6) is 0. The minimum Gasteiger partial charge on any atom is -0.382 e. The zero-order chi connectivity index (χ0) is 14.4. The lowest BCUT2D eigenvalue weighted by molar-refractivity contribution is 0.456. The second-order valence-corrected chi connectivity index (χ2v) is 5.92. The van der Waals surface area contributed by atoms with E-state index < -0.39 is 0 Å². The van der Waals surface area contributed by atoms with Gasteiger partial charge in [-0.25, -0.2) is 0 Å². The van der Waals surface area contributed by atoms with E-state index >= 15 is 0 Å². The molecule has 0 amide bonds. The van der Waals surface area contributed by atoms with E-state index in [0.717, 1.165) is 24.2 Å². The fourth-order valence-electron chi connectivity index (χ4n) is 2.90. The third kappa shape index (κ3) is 4.25. The zero-order valence-corrected chi connectivity index (χ0v) is 12.6. The van der Waals surface area contributed by atoms with E-state index in [-0.39, 0.29) is 0 Å². The minimum absolute atomic E-state index is 0.415. The van der Waals surface area contributed by atoms with Gasteiger partial charge in [0.2, 0.25) is 0 Å². The number of nitriles is 1. The number of hydrogen-bond acceptors (Lipinski definition) is 3. The molecular formula is C17H25N3. The van der Waals surface area contributed by atoms with Gasteiger partial charge in [-0.15, -0.1) is 0 Å². The Morgan fingerprint density at radius 2 is 2.25 bits per heavy atom. The molecule has 1 aromatic carbocycles. The average Bonchev–Trinajstić information content (AvgIpc) is 2.70. The molecule has 0 aliphatic carbocycles. The van der Waals surface area contributed by atoms with Crippen molar-refractivity contribution in [3.63, 3.8) is 0 Å². The summed E-state index contributed by atoms with van der Waals surface area (Å²) < 4.78 is 0. The molecule has 0 saturated carbocycles. The molecule has 3 nitrogen and oxygen atoms in total. The Morgan fingerprint density at radius 1 is 1.40 bits per heavy atom. The quantitative estimate of drug-likeness (QED) is 0.879. The van der Waals surface area contributed by atoms with Gasteiger partial charge in [0, 0.05) is 17.8 Å². The van der Waals surface area contributed by atoms with Crippen molar-refractivity contribution in [2.75, 3.05) is 11.9 Å². The van der Waals surface area contributed by atoms with Gasteiger partial charge >= 0.3 is 0 Å². The first-order chi connectivity index (χ1) is 9.69. The Labute approximate surface area is 122 Å². The van der Waals surface area contributed by atoms with Crippen molar-refractivity contribution in [1.29, 1.82) is 5.26 Å². The standard InChI is InChI=1S/C17H25N3/c1-13-7-8-15(12-18)11-17(13)20-14(2)10-16-6-4-3-5-9-19-16/h7-8,11,14,16,19-20H,3-6,9-10H2,1-2H3. The summed E-state index contributed by atoms with van der Waals surface area (Å²) in [6, 6.07) is 9.08. The molecule has 0 radical (unpaired) electrons. The first-order valence-electron chi connectivity index (χ1n) is 7.69. The fourth-order valence-corrected chi connectivity index (χ4v) is 2.90. The highest BCUT2D eigenvalue weighted by atomic mass is 15.0. The summed E-state index contributed by atoms with van der Waals surface area (Å²) in [5, 5.41) is 16.2. The van der Waals surface area contributed by atoms with Crippen LogP contribution in [0.3, 0.4) is 0 Å². The number of nitrogens with zero attached hydrogens (tertiary/aromatic N) is 1. The number of hydrogen-bond donors (Lipinski definition) is 2. The maximum Gasteiger partial charge on any atom is 0.0992 e. The van der Waals surface area contributed by atoms with E-state index in [2.05, 4.69) is 30.6 Å². The number of rotatable bonds is 4. The summed E-state index contributed by atoms with van der Waals surface area (Å²) in [4.78, 5) is 0. The predicted molar refractivity (Wildman–Crippen MR) is 83.9 cm³/mol. The highest BCUT2D eigenvalue weighted by Crippen LogP contribution is 2.20. The van der Waals surface area contributed by atoms with Gasteiger partial charge in [0.15, 0.2) is 0 Å². The summed E-state index contributed by atoms with van der Waals surface area (Å²) in [7, 11) is 0. The molecule has 2 unspecified atom stereocenters. The van der Waals surface area contributed by atoms with Gasteiger partial charge in [0.05, 0.1) is 11.6 Å². The number of anilines is 1. The first kappa shape index (κ1) is 14.9. The van der Waals surface area contributed by atoms with Crippen molar-refractivity contribution in [1.82, 2.24) is 5.32 Å². The predicted octanol–water partition coefficient (Wildman–Crippen LogP) is 3.59.